The average Bonchev–Trinajstić information content (AvgIpc) is 2.68. The Bertz CT molecular complexity index is 221. The van der Waals surface area contributed by atoms with Crippen LogP contribution in [-0.4, -0.2) is 18.9 Å². The first-order chi connectivity index (χ1) is 6.60. The van der Waals surface area contributed by atoms with Gasteiger partial charge >= 0.3 is 0 Å². The number of carbonyl (C=O) groups excluding carboxylic acids is 1. The van der Waals surface area contributed by atoms with E-state index in [0.29, 0.717) is 0 Å². The second-order valence-corrected chi connectivity index (χ2v) is 4.35. The van der Waals surface area contributed by atoms with Crippen LogP contribution in [0.3, 0.4) is 0 Å². The van der Waals surface area contributed by atoms with Gasteiger partial charge < -0.3 is 5.32 Å². The Morgan fingerprint density at radius 1 is 1.14 bits per heavy atom. The largest absolute Gasteiger partial charge is 0.317 e. The molecule has 1 aliphatic heterocycles. The smallest absolute Gasteiger partial charge is 0.178 e. The molecule has 2 rings (SSSR count). The third-order valence-corrected chi connectivity index (χ3v) is 2.31. The summed E-state index contributed by atoms with van der Waals surface area (Å²) >= 11 is 0. The molecule has 0 spiro atoms. The second-order valence-electron chi connectivity index (χ2n) is 4.35. The van der Waals surface area contributed by atoms with E-state index in [2.05, 4.69) is 19.2 Å². The number of hydrogen-bond acceptors (Lipinski definition) is 2. The van der Waals surface area contributed by atoms with Gasteiger partial charge in [0.2, 0.25) is 0 Å². The number of rotatable bonds is 0. The molecule has 2 heteroatoms. The van der Waals surface area contributed by atoms with E-state index in [9.17, 15) is 4.79 Å². The van der Waals surface area contributed by atoms with Gasteiger partial charge in [0.1, 0.15) is 0 Å². The first-order valence-electron chi connectivity index (χ1n) is 5.23. The Kier molecular flexibility index (Phi) is 4.08. The van der Waals surface area contributed by atoms with Crippen molar-refractivity contribution in [1.82, 2.24) is 5.32 Å². The highest BCUT2D eigenvalue weighted by atomic mass is 16.1. The lowest BCUT2D eigenvalue weighted by Gasteiger charge is -2.15. The van der Waals surface area contributed by atoms with E-state index in [-0.39, 0.29) is 11.2 Å². The van der Waals surface area contributed by atoms with E-state index < -0.39 is 0 Å². The number of carbonyl (C=O) groups is 1. The average molecular weight is 193 g/mol. The van der Waals surface area contributed by atoms with Crippen LogP contribution in [0.2, 0.25) is 0 Å². The zero-order valence-corrected chi connectivity index (χ0v) is 9.05. The fourth-order valence-corrected chi connectivity index (χ4v) is 1.33. The SMILES string of the molecule is C1CCNC1.CC1(C)C=CC(=O)C=C1. The summed E-state index contributed by atoms with van der Waals surface area (Å²) in [7, 11) is 0. The predicted molar refractivity (Wildman–Crippen MR) is 59.2 cm³/mol. The minimum atomic E-state index is 0.0773. The summed E-state index contributed by atoms with van der Waals surface area (Å²) in [4.78, 5) is 10.6. The molecule has 0 amide bonds. The lowest BCUT2D eigenvalue weighted by atomic mass is 9.89. The van der Waals surface area contributed by atoms with E-state index >= 15 is 0 Å². The molecule has 0 aromatic carbocycles. The van der Waals surface area contributed by atoms with Crippen LogP contribution in [0.15, 0.2) is 24.3 Å². The van der Waals surface area contributed by atoms with Crippen LogP contribution in [0.1, 0.15) is 26.7 Å². The summed E-state index contributed by atoms with van der Waals surface area (Å²) in [5.74, 6) is 0.0920. The van der Waals surface area contributed by atoms with E-state index in [1.54, 1.807) is 12.2 Å². The molecule has 2 aliphatic rings. The second kappa shape index (κ2) is 5.11. The molecule has 1 N–H and O–H groups in total. The van der Waals surface area contributed by atoms with E-state index in [4.69, 9.17) is 0 Å². The van der Waals surface area contributed by atoms with Gasteiger partial charge in [0.25, 0.3) is 0 Å². The molecule has 0 unspecified atom stereocenters. The Hall–Kier alpha value is -0.890. The van der Waals surface area contributed by atoms with Crippen molar-refractivity contribution in [2.45, 2.75) is 26.7 Å². The van der Waals surface area contributed by atoms with Gasteiger partial charge in [-0.2, -0.15) is 0 Å². The molecular formula is C12H19NO. The van der Waals surface area contributed by atoms with Crippen LogP contribution >= 0.6 is 0 Å². The van der Waals surface area contributed by atoms with Crippen LogP contribution < -0.4 is 5.32 Å². The van der Waals surface area contributed by atoms with Gasteiger partial charge in [0.15, 0.2) is 5.78 Å². The standard InChI is InChI=1S/C8H10O.C4H9N/c1-8(2)5-3-7(9)4-6-8;1-2-4-5-3-1/h3-6H,1-2H3;5H,1-4H2. The molecule has 1 saturated heterocycles. The minimum Gasteiger partial charge on any atom is -0.317 e. The van der Waals surface area contributed by atoms with Crippen molar-refractivity contribution in [3.63, 3.8) is 0 Å². The molecule has 78 valence electrons. The summed E-state index contributed by atoms with van der Waals surface area (Å²) in [6, 6.07) is 0. The molecule has 0 aromatic heterocycles. The third kappa shape index (κ3) is 4.38. The van der Waals surface area contributed by atoms with Crippen molar-refractivity contribution in [3.05, 3.63) is 24.3 Å². The molecule has 1 heterocycles. The van der Waals surface area contributed by atoms with Gasteiger partial charge in [-0.15, -0.1) is 0 Å². The Labute approximate surface area is 86.1 Å². The van der Waals surface area contributed by atoms with Gasteiger partial charge in [-0.1, -0.05) is 26.0 Å². The highest BCUT2D eigenvalue weighted by Gasteiger charge is 2.12. The van der Waals surface area contributed by atoms with Crippen molar-refractivity contribution >= 4 is 5.78 Å². The van der Waals surface area contributed by atoms with Gasteiger partial charge in [0, 0.05) is 5.41 Å². The van der Waals surface area contributed by atoms with Gasteiger partial charge in [-0.05, 0) is 38.1 Å². The fraction of sp³-hybridized carbons (Fsp3) is 0.583. The summed E-state index contributed by atoms with van der Waals surface area (Å²) in [5.41, 5.74) is 0.0773. The molecule has 1 aliphatic carbocycles. The number of allylic oxidation sites excluding steroid dienone is 4. The molecule has 0 bridgehead atoms. The monoisotopic (exact) mass is 193 g/mol. The third-order valence-electron chi connectivity index (χ3n) is 2.31. The van der Waals surface area contributed by atoms with Crippen molar-refractivity contribution in [2.24, 2.45) is 5.41 Å². The summed E-state index contributed by atoms with van der Waals surface area (Å²) in [6.07, 6.45) is 9.82. The first kappa shape index (κ1) is 11.2. The summed E-state index contributed by atoms with van der Waals surface area (Å²) in [6.45, 7) is 6.62. The maximum absolute atomic E-state index is 10.6. The molecule has 2 nitrogen and oxygen atoms in total. The maximum Gasteiger partial charge on any atom is 0.178 e. The van der Waals surface area contributed by atoms with Crippen LogP contribution in [0.5, 0.6) is 0 Å². The van der Waals surface area contributed by atoms with Gasteiger partial charge in [-0.25, -0.2) is 0 Å². The van der Waals surface area contributed by atoms with Crippen molar-refractivity contribution in [1.29, 1.82) is 0 Å². The van der Waals surface area contributed by atoms with Crippen molar-refractivity contribution in [2.75, 3.05) is 13.1 Å². The highest BCUT2D eigenvalue weighted by Crippen LogP contribution is 2.21. The minimum absolute atomic E-state index is 0.0773. The number of hydrogen-bond donors (Lipinski definition) is 1. The number of nitrogens with one attached hydrogen (secondary N) is 1. The molecule has 14 heavy (non-hydrogen) atoms. The first-order valence-corrected chi connectivity index (χ1v) is 5.23. The van der Waals surface area contributed by atoms with Crippen LogP contribution in [-0.2, 0) is 4.79 Å². The topological polar surface area (TPSA) is 29.1 Å². The van der Waals surface area contributed by atoms with Crippen molar-refractivity contribution in [3.8, 4) is 0 Å². The van der Waals surface area contributed by atoms with Gasteiger partial charge in [-0.3, -0.25) is 4.79 Å². The molecule has 0 radical (unpaired) electrons. The lowest BCUT2D eigenvalue weighted by molar-refractivity contribution is -0.110. The Morgan fingerprint density at radius 2 is 1.64 bits per heavy atom. The normalized spacial score (nSPS) is 23.1. The molecule has 0 atom stereocenters. The molecule has 0 aromatic rings. The lowest BCUT2D eigenvalue weighted by Crippen LogP contribution is -2.08. The zero-order chi connectivity index (χ0) is 10.4. The van der Waals surface area contributed by atoms with E-state index in [1.807, 2.05) is 12.2 Å². The predicted octanol–water partition coefficient (Wildman–Crippen LogP) is 2.08. The quantitative estimate of drug-likeness (QED) is 0.638. The van der Waals surface area contributed by atoms with Crippen LogP contribution in [0, 0.1) is 5.41 Å². The Morgan fingerprint density at radius 3 is 1.93 bits per heavy atom. The summed E-state index contributed by atoms with van der Waals surface area (Å²) in [5, 5.41) is 3.22. The number of ketones is 1. The summed E-state index contributed by atoms with van der Waals surface area (Å²) < 4.78 is 0. The maximum atomic E-state index is 10.6. The van der Waals surface area contributed by atoms with Crippen LogP contribution in [0.4, 0.5) is 0 Å². The molecular weight excluding hydrogens is 174 g/mol. The highest BCUT2D eigenvalue weighted by molar-refractivity contribution is 6.00. The zero-order valence-electron chi connectivity index (χ0n) is 9.05. The van der Waals surface area contributed by atoms with Gasteiger partial charge in [0.05, 0.1) is 0 Å². The Balaban J connectivity index is 0.000000165. The van der Waals surface area contributed by atoms with Crippen molar-refractivity contribution < 1.29 is 4.79 Å². The molecule has 0 saturated carbocycles. The fourth-order valence-electron chi connectivity index (χ4n) is 1.33. The molecule has 1 fully saturated rings. The van der Waals surface area contributed by atoms with Crippen LogP contribution in [0.25, 0.3) is 0 Å². The van der Waals surface area contributed by atoms with E-state index in [1.165, 1.54) is 25.9 Å². The van der Waals surface area contributed by atoms with E-state index in [0.717, 1.165) is 0 Å².